The van der Waals surface area contributed by atoms with Crippen molar-refractivity contribution in [2.75, 3.05) is 64.4 Å². The van der Waals surface area contributed by atoms with Gasteiger partial charge in [0.2, 0.25) is 0 Å². The first-order valence-electron chi connectivity index (χ1n) is 10.3. The molecule has 0 radical (unpaired) electrons. The Morgan fingerprint density at radius 3 is 2.89 bits per heavy atom. The summed E-state index contributed by atoms with van der Waals surface area (Å²) in [6.07, 6.45) is 3.58. The maximum atomic E-state index is 5.55. The largest absolute Gasteiger partial charge is 0.380 e. The van der Waals surface area contributed by atoms with E-state index >= 15 is 0 Å². The number of fused-ring (bicyclic) bond motifs is 1. The summed E-state index contributed by atoms with van der Waals surface area (Å²) in [6.45, 7) is 8.34. The fourth-order valence-corrected chi connectivity index (χ4v) is 3.98. The SMILES string of the molecule is CN(CCN1CCCOCC1)C1CN(c2ccc3nnc(C4CC4)n3n2)C1. The van der Waals surface area contributed by atoms with Crippen molar-refractivity contribution in [1.29, 1.82) is 0 Å². The predicted octanol–water partition coefficient (Wildman–Crippen LogP) is 0.844. The van der Waals surface area contributed by atoms with Crippen molar-refractivity contribution >= 4 is 11.5 Å². The molecule has 0 atom stereocenters. The van der Waals surface area contributed by atoms with E-state index in [1.807, 2.05) is 10.6 Å². The highest BCUT2D eigenvalue weighted by Gasteiger charge is 2.33. The average molecular weight is 371 g/mol. The van der Waals surface area contributed by atoms with Crippen LogP contribution < -0.4 is 4.90 Å². The van der Waals surface area contributed by atoms with Crippen LogP contribution in [0.15, 0.2) is 12.1 Å². The van der Waals surface area contributed by atoms with Gasteiger partial charge in [0.25, 0.3) is 0 Å². The van der Waals surface area contributed by atoms with Crippen LogP contribution in [-0.2, 0) is 4.74 Å². The van der Waals surface area contributed by atoms with E-state index < -0.39 is 0 Å². The Labute approximate surface area is 160 Å². The highest BCUT2D eigenvalue weighted by atomic mass is 16.5. The molecular weight excluding hydrogens is 342 g/mol. The van der Waals surface area contributed by atoms with Crippen LogP contribution in [-0.4, -0.2) is 95.2 Å². The standard InChI is InChI=1S/C19H29N7O/c1-23(8-9-24-7-2-11-27-12-10-24)16-13-25(14-16)18-6-5-17-20-21-19(15-3-4-15)26(17)22-18/h5-6,15-16H,2-4,7-14H2,1H3. The van der Waals surface area contributed by atoms with Crippen LogP contribution in [0.3, 0.4) is 0 Å². The predicted molar refractivity (Wildman–Crippen MR) is 103 cm³/mol. The zero-order valence-corrected chi connectivity index (χ0v) is 16.1. The van der Waals surface area contributed by atoms with Gasteiger partial charge in [0.05, 0.1) is 6.61 Å². The quantitative estimate of drug-likeness (QED) is 0.746. The third-order valence-corrected chi connectivity index (χ3v) is 6.11. The number of ether oxygens (including phenoxy) is 1. The molecule has 4 heterocycles. The van der Waals surface area contributed by atoms with Crippen molar-refractivity contribution in [2.24, 2.45) is 0 Å². The van der Waals surface area contributed by atoms with E-state index in [1.54, 1.807) is 0 Å². The van der Waals surface area contributed by atoms with Gasteiger partial charge >= 0.3 is 0 Å². The molecule has 146 valence electrons. The number of likely N-dealkylation sites (N-methyl/N-ethyl adjacent to an activating group) is 1. The summed E-state index contributed by atoms with van der Waals surface area (Å²) < 4.78 is 7.50. The molecule has 3 fully saturated rings. The highest BCUT2D eigenvalue weighted by Crippen LogP contribution is 2.38. The zero-order valence-electron chi connectivity index (χ0n) is 16.1. The average Bonchev–Trinajstić information content (AvgIpc) is 3.44. The van der Waals surface area contributed by atoms with Gasteiger partial charge in [0.1, 0.15) is 5.82 Å². The Hall–Kier alpha value is -1.77. The van der Waals surface area contributed by atoms with Crippen molar-refractivity contribution < 1.29 is 4.74 Å². The highest BCUT2D eigenvalue weighted by molar-refractivity contribution is 5.48. The minimum absolute atomic E-state index is 0.558. The molecule has 0 aromatic carbocycles. The van der Waals surface area contributed by atoms with Gasteiger partial charge in [-0.1, -0.05) is 0 Å². The number of hydrogen-bond donors (Lipinski definition) is 0. The first-order chi connectivity index (χ1) is 13.3. The van der Waals surface area contributed by atoms with Gasteiger partial charge in [-0.3, -0.25) is 9.80 Å². The molecule has 27 heavy (non-hydrogen) atoms. The summed E-state index contributed by atoms with van der Waals surface area (Å²) in [5.74, 6) is 2.63. The first-order valence-corrected chi connectivity index (χ1v) is 10.3. The van der Waals surface area contributed by atoms with Crippen LogP contribution >= 0.6 is 0 Å². The molecule has 0 unspecified atom stereocenters. The maximum absolute atomic E-state index is 5.55. The van der Waals surface area contributed by atoms with E-state index in [1.165, 1.54) is 12.8 Å². The van der Waals surface area contributed by atoms with Crippen LogP contribution in [0.5, 0.6) is 0 Å². The number of aromatic nitrogens is 4. The number of hydrogen-bond acceptors (Lipinski definition) is 7. The molecular formula is C19H29N7O. The summed E-state index contributed by atoms with van der Waals surface area (Å²) >= 11 is 0. The summed E-state index contributed by atoms with van der Waals surface area (Å²) in [5, 5.41) is 13.4. The van der Waals surface area contributed by atoms with Crippen LogP contribution in [0.2, 0.25) is 0 Å². The number of anilines is 1. The lowest BCUT2D eigenvalue weighted by molar-refractivity contribution is 0.134. The Bertz CT molecular complexity index is 775. The molecule has 2 aromatic heterocycles. The van der Waals surface area contributed by atoms with Crippen LogP contribution in [0, 0.1) is 0 Å². The molecule has 0 spiro atoms. The van der Waals surface area contributed by atoms with Crippen molar-refractivity contribution in [3.8, 4) is 0 Å². The van der Waals surface area contributed by atoms with Gasteiger partial charge in [-0.05, 0) is 38.4 Å². The molecule has 5 rings (SSSR count). The fourth-order valence-electron chi connectivity index (χ4n) is 3.98. The molecule has 0 amide bonds. The molecule has 0 bridgehead atoms. The van der Waals surface area contributed by atoms with Crippen molar-refractivity contribution in [3.63, 3.8) is 0 Å². The van der Waals surface area contributed by atoms with Crippen molar-refractivity contribution in [1.82, 2.24) is 29.6 Å². The van der Waals surface area contributed by atoms with Gasteiger partial charge in [-0.25, -0.2) is 0 Å². The van der Waals surface area contributed by atoms with E-state index in [0.29, 0.717) is 12.0 Å². The Morgan fingerprint density at radius 2 is 2.04 bits per heavy atom. The van der Waals surface area contributed by atoms with Crippen LogP contribution in [0.1, 0.15) is 31.0 Å². The third-order valence-electron chi connectivity index (χ3n) is 6.11. The lowest BCUT2D eigenvalue weighted by Crippen LogP contribution is -2.59. The fraction of sp³-hybridized carbons (Fsp3) is 0.737. The van der Waals surface area contributed by atoms with Gasteiger partial charge in [-0.15, -0.1) is 15.3 Å². The normalized spacial score (nSPS) is 22.4. The minimum atomic E-state index is 0.558. The van der Waals surface area contributed by atoms with E-state index in [2.05, 4.69) is 38.0 Å². The Kier molecular flexibility index (Phi) is 4.71. The van der Waals surface area contributed by atoms with Gasteiger partial charge in [0.15, 0.2) is 11.5 Å². The van der Waals surface area contributed by atoms with E-state index in [4.69, 9.17) is 9.84 Å². The van der Waals surface area contributed by atoms with Gasteiger partial charge in [-0.2, -0.15) is 4.52 Å². The first kappa shape index (κ1) is 17.3. The van der Waals surface area contributed by atoms with Crippen LogP contribution in [0.4, 0.5) is 5.82 Å². The summed E-state index contributed by atoms with van der Waals surface area (Å²) in [4.78, 5) is 7.38. The molecule has 3 aliphatic rings. The molecule has 2 aliphatic heterocycles. The third kappa shape index (κ3) is 3.66. The Balaban J connectivity index is 1.15. The molecule has 1 aliphatic carbocycles. The molecule has 2 saturated heterocycles. The molecule has 2 aromatic rings. The molecule has 0 N–H and O–H groups in total. The number of rotatable bonds is 6. The van der Waals surface area contributed by atoms with E-state index in [9.17, 15) is 0 Å². The molecule has 8 heteroatoms. The van der Waals surface area contributed by atoms with E-state index in [-0.39, 0.29) is 0 Å². The maximum Gasteiger partial charge on any atom is 0.178 e. The van der Waals surface area contributed by atoms with Crippen molar-refractivity contribution in [3.05, 3.63) is 18.0 Å². The van der Waals surface area contributed by atoms with Gasteiger partial charge < -0.3 is 9.64 Å². The van der Waals surface area contributed by atoms with E-state index in [0.717, 1.165) is 76.2 Å². The number of nitrogens with zero attached hydrogens (tertiary/aromatic N) is 7. The summed E-state index contributed by atoms with van der Waals surface area (Å²) in [7, 11) is 2.25. The minimum Gasteiger partial charge on any atom is -0.380 e. The zero-order chi connectivity index (χ0) is 18.2. The topological polar surface area (TPSA) is 62.0 Å². The molecule has 1 saturated carbocycles. The monoisotopic (exact) mass is 371 g/mol. The lowest BCUT2D eigenvalue weighted by Gasteiger charge is -2.45. The second kappa shape index (κ2) is 7.33. The van der Waals surface area contributed by atoms with Crippen LogP contribution in [0.25, 0.3) is 5.65 Å². The summed E-state index contributed by atoms with van der Waals surface area (Å²) in [5.41, 5.74) is 0.858. The molecule has 8 nitrogen and oxygen atoms in total. The smallest absolute Gasteiger partial charge is 0.178 e. The van der Waals surface area contributed by atoms with Gasteiger partial charge in [0, 0.05) is 57.8 Å². The second-order valence-corrected chi connectivity index (χ2v) is 8.14. The summed E-state index contributed by atoms with van der Waals surface area (Å²) in [6, 6.07) is 4.72. The van der Waals surface area contributed by atoms with Crippen molar-refractivity contribution in [2.45, 2.75) is 31.2 Å². The second-order valence-electron chi connectivity index (χ2n) is 8.14. The Morgan fingerprint density at radius 1 is 1.15 bits per heavy atom. The lowest BCUT2D eigenvalue weighted by atomic mass is 10.1.